The van der Waals surface area contributed by atoms with Gasteiger partial charge >= 0.3 is 5.97 Å². The normalized spacial score (nSPS) is 38.5. The van der Waals surface area contributed by atoms with Gasteiger partial charge in [-0.1, -0.05) is 109 Å². The van der Waals surface area contributed by atoms with Gasteiger partial charge in [-0.05, 0) is 103 Å². The summed E-state index contributed by atoms with van der Waals surface area (Å²) in [7, 11) is -1.90. The Morgan fingerprint density at radius 3 is 2.35 bits per heavy atom. The molecule has 8 aliphatic rings. The fourth-order valence-corrected chi connectivity index (χ4v) is 13.5. The van der Waals surface area contributed by atoms with Crippen molar-refractivity contribution in [2.24, 2.45) is 23.7 Å². The molecule has 9 rings (SSSR count). The maximum absolute atomic E-state index is 14.5. The minimum atomic E-state index is -1.90. The molecule has 8 heterocycles. The zero-order valence-electron chi connectivity index (χ0n) is 42.6. The Morgan fingerprint density at radius 1 is 0.912 bits per heavy atom. The minimum Gasteiger partial charge on any atom is -0.458 e. The van der Waals surface area contributed by atoms with Crippen LogP contribution < -0.4 is 0 Å². The predicted molar refractivity (Wildman–Crippen MR) is 268 cm³/mol. The lowest BCUT2D eigenvalue weighted by Gasteiger charge is -2.47. The summed E-state index contributed by atoms with van der Waals surface area (Å²) in [6, 6.07) is 9.04. The molecule has 8 aliphatic heterocycles. The number of unbranched alkanes of at least 4 members (excludes halogenated alkanes) is 1. The number of benzene rings is 1. The number of carbonyl (C=O) groups is 2. The number of Topliss-reactive ketones (excluding diaryl/α,β-unsaturated/α-hetero) is 1. The van der Waals surface area contributed by atoms with Crippen molar-refractivity contribution < 1.29 is 51.9 Å². The third-order valence-electron chi connectivity index (χ3n) is 17.1. The number of rotatable bonds is 21. The molecule has 68 heavy (non-hydrogen) atoms. The fraction of sp³-hybridized carbons (Fsp3) is 0.782. The van der Waals surface area contributed by atoms with Gasteiger partial charge in [-0.15, -0.1) is 0 Å². The first kappa shape index (κ1) is 52.5. The number of hydrogen-bond acceptors (Lipinski definition) is 11. The Bertz CT molecular complexity index is 1920. The van der Waals surface area contributed by atoms with Gasteiger partial charge in [0.05, 0.1) is 48.3 Å². The van der Waals surface area contributed by atoms with Gasteiger partial charge in [0, 0.05) is 45.1 Å². The maximum atomic E-state index is 14.5. The Kier molecular flexibility index (Phi) is 16.8. The van der Waals surface area contributed by atoms with E-state index >= 15 is 0 Å². The Labute approximate surface area is 417 Å². The largest absolute Gasteiger partial charge is 0.458 e. The van der Waals surface area contributed by atoms with E-state index in [9.17, 15) is 9.59 Å². The van der Waals surface area contributed by atoms with Crippen molar-refractivity contribution in [3.05, 3.63) is 59.1 Å². The van der Waals surface area contributed by atoms with Gasteiger partial charge in [0.2, 0.25) is 0 Å². The fourth-order valence-electron chi connectivity index (χ4n) is 12.0. The molecule has 11 nitrogen and oxygen atoms in total. The van der Waals surface area contributed by atoms with Gasteiger partial charge < -0.3 is 42.3 Å². The summed E-state index contributed by atoms with van der Waals surface area (Å²) in [5, 5.41) is 0.146. The smallest absolute Gasteiger partial charge is 0.338 e. The summed E-state index contributed by atoms with van der Waals surface area (Å²) in [6.07, 6.45) is 7.56. The summed E-state index contributed by atoms with van der Waals surface area (Å²) in [5.74, 6) is -0.177. The van der Waals surface area contributed by atoms with Crippen LogP contribution in [0.15, 0.2) is 53.5 Å². The van der Waals surface area contributed by atoms with Crippen LogP contribution in [0.5, 0.6) is 0 Å². The number of carbonyl (C=O) groups excluding carboxylic acids is 2. The molecule has 8 saturated heterocycles. The number of ether oxygens (including phenoxy) is 8. The summed E-state index contributed by atoms with van der Waals surface area (Å²) in [4.78, 5) is 27.6. The van der Waals surface area contributed by atoms with Crippen molar-refractivity contribution in [3.63, 3.8) is 0 Å². The first-order chi connectivity index (χ1) is 32.2. The SMILES string of the molecule is C=C(Br)C[C@H](CC[C@@]12C[C@H]3O[C@H]4[C@@H](O1)[C@H]1O[C@@H](CC(=O)CC5[C@H](CC6O[C@@H](CCCC)C[C@@H](C)C6=C)O[C@H](C[C@H](C)CO[Si](C)(C)C(C)(C)C)[C@@H]5C)CC[C@@H]1O[C@H]4[C@H]3O2)OC(=O)c1ccccc1. The quantitative estimate of drug-likeness (QED) is 0.0665. The van der Waals surface area contributed by atoms with Gasteiger partial charge in [0.25, 0.3) is 0 Å². The first-order valence-electron chi connectivity index (χ1n) is 26.3. The van der Waals surface area contributed by atoms with Crippen LogP contribution in [0.1, 0.15) is 149 Å². The molecule has 0 spiro atoms. The summed E-state index contributed by atoms with van der Waals surface area (Å²) in [6.45, 7) is 29.9. The van der Waals surface area contributed by atoms with E-state index in [0.29, 0.717) is 62.5 Å². The van der Waals surface area contributed by atoms with E-state index in [1.165, 1.54) is 0 Å². The van der Waals surface area contributed by atoms with E-state index in [1.54, 1.807) is 12.1 Å². The third kappa shape index (κ3) is 11.8. The van der Waals surface area contributed by atoms with Crippen LogP contribution in [-0.2, 0) is 47.1 Å². The molecule has 1 aromatic carbocycles. The molecule has 380 valence electrons. The van der Waals surface area contributed by atoms with Gasteiger partial charge in [0.15, 0.2) is 14.1 Å². The van der Waals surface area contributed by atoms with E-state index in [1.807, 2.05) is 18.2 Å². The first-order valence-corrected chi connectivity index (χ1v) is 30.0. The van der Waals surface area contributed by atoms with Gasteiger partial charge in [-0.25, -0.2) is 4.79 Å². The average Bonchev–Trinajstić information content (AvgIpc) is 3.83. The van der Waals surface area contributed by atoms with Crippen LogP contribution in [-0.4, -0.2) is 112 Å². The maximum Gasteiger partial charge on any atom is 0.338 e. The van der Waals surface area contributed by atoms with Crippen molar-refractivity contribution in [3.8, 4) is 0 Å². The lowest BCUT2D eigenvalue weighted by atomic mass is 9.78. The van der Waals surface area contributed by atoms with Crippen LogP contribution in [0.3, 0.4) is 0 Å². The van der Waals surface area contributed by atoms with E-state index in [4.69, 9.17) is 42.3 Å². The lowest BCUT2D eigenvalue weighted by molar-refractivity contribution is -0.292. The molecule has 18 atom stereocenters. The molecule has 6 bridgehead atoms. The number of fused-ring (bicyclic) bond motifs is 1. The zero-order chi connectivity index (χ0) is 48.7. The predicted octanol–water partition coefficient (Wildman–Crippen LogP) is 11.6. The van der Waals surface area contributed by atoms with Crippen molar-refractivity contribution in [2.75, 3.05) is 6.61 Å². The summed E-state index contributed by atoms with van der Waals surface area (Å²) in [5.41, 5.74) is 1.65. The molecular weight excluding hydrogens is 945 g/mol. The van der Waals surface area contributed by atoms with Crippen molar-refractivity contribution >= 4 is 36.0 Å². The molecule has 1 aromatic rings. The highest BCUT2D eigenvalue weighted by atomic mass is 79.9. The van der Waals surface area contributed by atoms with Crippen LogP contribution in [0.25, 0.3) is 0 Å². The minimum absolute atomic E-state index is 0.0212. The third-order valence-corrected chi connectivity index (χ3v) is 22.0. The Morgan fingerprint density at radius 2 is 1.63 bits per heavy atom. The summed E-state index contributed by atoms with van der Waals surface area (Å²) >= 11 is 3.50. The molecule has 0 saturated carbocycles. The second kappa shape index (κ2) is 21.7. The molecule has 0 amide bonds. The standard InChI is InChI=1S/C55H83BrO11Si/c1-12-13-19-39-25-33(3)35(5)45(60-39)29-46-42(36(6)44(63-46)24-32(2)31-59-68(10,11)54(7,8)9)28-38(57)27-40-20-21-43-48(61-40)52-51-50(64-43)49-47(65-51)30-55(66-49,67-52)23-22-41(26-34(4)56)62-53(58)37-17-15-14-16-18-37/h14-18,32-33,36,39-52H,4-5,12-13,19-31H2,1-3,6-11H3/t32-,33+,36+,39-,40+,41-,42?,43-,44+,45?,46-,47+,48-,49-,50-,51+,52-,55-/m0/s1. The molecule has 2 unspecified atom stereocenters. The van der Waals surface area contributed by atoms with Crippen LogP contribution in [0.2, 0.25) is 18.1 Å². The number of esters is 1. The van der Waals surface area contributed by atoms with E-state index < -0.39 is 32.4 Å². The van der Waals surface area contributed by atoms with Crippen LogP contribution >= 0.6 is 15.9 Å². The van der Waals surface area contributed by atoms with E-state index in [2.05, 4.69) is 90.6 Å². The molecule has 0 N–H and O–H groups in total. The van der Waals surface area contributed by atoms with E-state index in [0.717, 1.165) is 61.4 Å². The molecule has 13 heteroatoms. The Hall–Kier alpha value is -1.78. The summed E-state index contributed by atoms with van der Waals surface area (Å²) < 4.78 is 61.6. The zero-order valence-corrected chi connectivity index (χ0v) is 45.2. The number of halogens is 1. The van der Waals surface area contributed by atoms with Crippen LogP contribution in [0, 0.1) is 23.7 Å². The van der Waals surface area contributed by atoms with Crippen molar-refractivity contribution in [1.29, 1.82) is 0 Å². The van der Waals surface area contributed by atoms with E-state index in [-0.39, 0.29) is 89.7 Å². The van der Waals surface area contributed by atoms with Crippen molar-refractivity contribution in [1.82, 2.24) is 0 Å². The monoisotopic (exact) mass is 1030 g/mol. The Balaban J connectivity index is 0.923. The highest BCUT2D eigenvalue weighted by molar-refractivity contribution is 9.11. The molecular formula is C55H83BrO11Si. The topological polar surface area (TPSA) is 117 Å². The van der Waals surface area contributed by atoms with Gasteiger partial charge in [-0.3, -0.25) is 4.79 Å². The molecule has 0 aliphatic carbocycles. The molecule has 0 aromatic heterocycles. The highest BCUT2D eigenvalue weighted by Crippen LogP contribution is 2.54. The number of hydrogen-bond donors (Lipinski definition) is 0. The highest BCUT2D eigenvalue weighted by Gasteiger charge is 2.68. The molecule has 0 radical (unpaired) electrons. The lowest BCUT2D eigenvalue weighted by Crippen LogP contribution is -2.61. The van der Waals surface area contributed by atoms with Crippen molar-refractivity contribution in [2.45, 2.75) is 242 Å². The average molecular weight is 1030 g/mol. The number of ketones is 1. The van der Waals surface area contributed by atoms with Gasteiger partial charge in [0.1, 0.15) is 42.4 Å². The molecule has 8 fully saturated rings. The second-order valence-corrected chi connectivity index (χ2v) is 29.4. The van der Waals surface area contributed by atoms with Gasteiger partial charge in [-0.2, -0.15) is 0 Å². The second-order valence-electron chi connectivity index (χ2n) is 23.4. The van der Waals surface area contributed by atoms with Crippen LogP contribution in [0.4, 0.5) is 0 Å².